The quantitative estimate of drug-likeness (QED) is 0.823. The van der Waals surface area contributed by atoms with Gasteiger partial charge in [0.2, 0.25) is 5.88 Å². The van der Waals surface area contributed by atoms with Gasteiger partial charge in [0.15, 0.2) is 5.75 Å². The van der Waals surface area contributed by atoms with E-state index < -0.39 is 0 Å². The number of nitrogens with zero attached hydrogens (tertiary/aromatic N) is 3. The average molecular weight is 247 g/mol. The molecule has 0 saturated heterocycles. The number of hydrogen-bond donors (Lipinski definition) is 1. The highest BCUT2D eigenvalue weighted by molar-refractivity contribution is 6.30. The number of hydrogen-bond acceptors (Lipinski definition) is 5. The highest BCUT2D eigenvalue weighted by Gasteiger charge is 2.08. The van der Waals surface area contributed by atoms with Gasteiger partial charge in [-0.1, -0.05) is 11.6 Å². The van der Waals surface area contributed by atoms with E-state index in [-0.39, 0.29) is 11.4 Å². The lowest BCUT2D eigenvalue weighted by Gasteiger charge is -2.08. The maximum Gasteiger partial charge on any atom is 0.240 e. The van der Waals surface area contributed by atoms with Gasteiger partial charge in [-0.05, 0) is 12.1 Å². The minimum atomic E-state index is 0.150. The van der Waals surface area contributed by atoms with E-state index in [1.807, 2.05) is 6.07 Å². The Labute approximate surface area is 102 Å². The van der Waals surface area contributed by atoms with Crippen LogP contribution in [0.25, 0.3) is 0 Å². The molecule has 2 aromatic rings. The topological polar surface area (TPSA) is 84.8 Å². The number of anilines is 1. The van der Waals surface area contributed by atoms with Gasteiger partial charge in [-0.25, -0.2) is 9.97 Å². The van der Waals surface area contributed by atoms with Gasteiger partial charge in [-0.2, -0.15) is 5.26 Å². The Bertz CT molecular complexity index is 594. The Morgan fingerprint density at radius 2 is 2.24 bits per heavy atom. The van der Waals surface area contributed by atoms with Crippen molar-refractivity contribution in [3.8, 4) is 17.7 Å². The molecule has 0 fully saturated rings. The Hall–Kier alpha value is -2.32. The summed E-state index contributed by atoms with van der Waals surface area (Å²) in [5.74, 6) is 0.504. The monoisotopic (exact) mass is 246 g/mol. The molecule has 84 valence electrons. The van der Waals surface area contributed by atoms with E-state index in [9.17, 15) is 0 Å². The van der Waals surface area contributed by atoms with Gasteiger partial charge in [0.1, 0.15) is 18.0 Å². The van der Waals surface area contributed by atoms with Crippen LogP contribution in [0.15, 0.2) is 30.7 Å². The summed E-state index contributed by atoms with van der Waals surface area (Å²) in [6.07, 6.45) is 2.65. The third-order valence-corrected chi connectivity index (χ3v) is 2.21. The summed E-state index contributed by atoms with van der Waals surface area (Å²) in [5.41, 5.74) is 6.36. The van der Waals surface area contributed by atoms with Gasteiger partial charge < -0.3 is 10.5 Å². The third kappa shape index (κ3) is 2.44. The summed E-state index contributed by atoms with van der Waals surface area (Å²) in [6, 6.07) is 6.75. The standard InChI is InChI=1S/C11H7ClN4O/c12-8-1-2-9(14)10(3-8)17-11-7(4-13)5-15-6-16-11/h1-3,5-6H,14H2. The lowest BCUT2D eigenvalue weighted by molar-refractivity contribution is 0.462. The number of halogens is 1. The van der Waals surface area contributed by atoms with Crippen molar-refractivity contribution in [3.05, 3.63) is 41.3 Å². The summed E-state index contributed by atoms with van der Waals surface area (Å²) < 4.78 is 5.43. The molecule has 1 aromatic carbocycles. The Morgan fingerprint density at radius 3 is 3.00 bits per heavy atom. The van der Waals surface area contributed by atoms with Crippen molar-refractivity contribution in [1.29, 1.82) is 5.26 Å². The van der Waals surface area contributed by atoms with Crippen LogP contribution >= 0.6 is 11.6 Å². The molecule has 0 radical (unpaired) electrons. The fourth-order valence-electron chi connectivity index (χ4n) is 1.18. The number of benzene rings is 1. The van der Waals surface area contributed by atoms with Crippen molar-refractivity contribution in [2.75, 3.05) is 5.73 Å². The van der Waals surface area contributed by atoms with Crippen LogP contribution in [0.4, 0.5) is 5.69 Å². The first-order valence-corrected chi connectivity index (χ1v) is 5.01. The summed E-state index contributed by atoms with van der Waals surface area (Å²) in [4.78, 5) is 7.59. The molecular weight excluding hydrogens is 240 g/mol. The molecule has 0 amide bonds. The molecule has 0 aliphatic carbocycles. The van der Waals surface area contributed by atoms with Crippen LogP contribution in [0.2, 0.25) is 5.02 Å². The third-order valence-electron chi connectivity index (χ3n) is 1.98. The molecular formula is C11H7ClN4O. The zero-order valence-electron chi connectivity index (χ0n) is 8.59. The van der Waals surface area contributed by atoms with Crippen molar-refractivity contribution in [2.45, 2.75) is 0 Å². The number of nitrogens with two attached hydrogens (primary N) is 1. The number of nitrogen functional groups attached to an aromatic ring is 1. The maximum atomic E-state index is 8.85. The molecule has 17 heavy (non-hydrogen) atoms. The van der Waals surface area contributed by atoms with E-state index in [0.29, 0.717) is 16.5 Å². The molecule has 1 aromatic heterocycles. The van der Waals surface area contributed by atoms with Crippen molar-refractivity contribution in [3.63, 3.8) is 0 Å². The SMILES string of the molecule is N#Cc1cncnc1Oc1cc(Cl)ccc1N. The van der Waals surface area contributed by atoms with Gasteiger partial charge in [0, 0.05) is 11.1 Å². The highest BCUT2D eigenvalue weighted by Crippen LogP contribution is 2.30. The van der Waals surface area contributed by atoms with Crippen LogP contribution in [-0.2, 0) is 0 Å². The Morgan fingerprint density at radius 1 is 1.41 bits per heavy atom. The molecule has 0 atom stereocenters. The highest BCUT2D eigenvalue weighted by atomic mass is 35.5. The van der Waals surface area contributed by atoms with Gasteiger partial charge >= 0.3 is 0 Å². The van der Waals surface area contributed by atoms with Crippen LogP contribution in [0.1, 0.15) is 5.56 Å². The second-order valence-electron chi connectivity index (χ2n) is 3.14. The largest absolute Gasteiger partial charge is 0.435 e. The average Bonchev–Trinajstić information content (AvgIpc) is 2.34. The van der Waals surface area contributed by atoms with E-state index in [1.165, 1.54) is 12.5 Å². The smallest absolute Gasteiger partial charge is 0.240 e. The maximum absolute atomic E-state index is 8.85. The van der Waals surface area contributed by atoms with E-state index >= 15 is 0 Å². The van der Waals surface area contributed by atoms with E-state index in [0.717, 1.165) is 0 Å². The van der Waals surface area contributed by atoms with Crippen LogP contribution in [0.5, 0.6) is 11.6 Å². The van der Waals surface area contributed by atoms with Gasteiger partial charge in [0.25, 0.3) is 0 Å². The molecule has 6 heteroatoms. The van der Waals surface area contributed by atoms with Gasteiger partial charge in [-0.3, -0.25) is 0 Å². The lowest BCUT2D eigenvalue weighted by Crippen LogP contribution is -1.96. The summed E-state index contributed by atoms with van der Waals surface area (Å²) in [6.45, 7) is 0. The van der Waals surface area contributed by atoms with Crippen LogP contribution < -0.4 is 10.5 Å². The molecule has 1 heterocycles. The first kappa shape index (κ1) is 11.2. The number of nitriles is 1. The Balaban J connectivity index is 2.38. The zero-order chi connectivity index (χ0) is 12.3. The fraction of sp³-hybridized carbons (Fsp3) is 0. The Kier molecular flexibility index (Phi) is 3.08. The minimum Gasteiger partial charge on any atom is -0.435 e. The van der Waals surface area contributed by atoms with E-state index in [2.05, 4.69) is 9.97 Å². The van der Waals surface area contributed by atoms with Gasteiger partial charge in [-0.15, -0.1) is 0 Å². The van der Waals surface area contributed by atoms with Crippen LogP contribution in [0.3, 0.4) is 0 Å². The predicted molar refractivity (Wildman–Crippen MR) is 62.7 cm³/mol. The number of rotatable bonds is 2. The van der Waals surface area contributed by atoms with Crippen molar-refractivity contribution in [1.82, 2.24) is 9.97 Å². The fourth-order valence-corrected chi connectivity index (χ4v) is 1.34. The molecule has 2 N–H and O–H groups in total. The molecule has 0 bridgehead atoms. The van der Waals surface area contributed by atoms with E-state index in [4.69, 9.17) is 27.3 Å². The summed E-state index contributed by atoms with van der Waals surface area (Å²) >= 11 is 5.82. The molecule has 2 rings (SSSR count). The van der Waals surface area contributed by atoms with Gasteiger partial charge in [0.05, 0.1) is 11.9 Å². The molecule has 5 nitrogen and oxygen atoms in total. The second-order valence-corrected chi connectivity index (χ2v) is 3.57. The number of aromatic nitrogens is 2. The summed E-state index contributed by atoms with van der Waals surface area (Å²) in [5, 5.41) is 9.34. The molecule has 0 aliphatic rings. The van der Waals surface area contributed by atoms with Crippen molar-refractivity contribution in [2.24, 2.45) is 0 Å². The predicted octanol–water partition coefficient (Wildman–Crippen LogP) is 2.38. The van der Waals surface area contributed by atoms with E-state index in [1.54, 1.807) is 18.2 Å². The number of ether oxygens (including phenoxy) is 1. The zero-order valence-corrected chi connectivity index (χ0v) is 9.35. The summed E-state index contributed by atoms with van der Waals surface area (Å²) in [7, 11) is 0. The normalized spacial score (nSPS) is 9.65. The molecule has 0 spiro atoms. The minimum absolute atomic E-state index is 0.150. The van der Waals surface area contributed by atoms with Crippen molar-refractivity contribution >= 4 is 17.3 Å². The molecule has 0 unspecified atom stereocenters. The van der Waals surface area contributed by atoms with Crippen LogP contribution in [0, 0.1) is 11.3 Å². The lowest BCUT2D eigenvalue weighted by atomic mass is 10.3. The first-order valence-electron chi connectivity index (χ1n) is 4.63. The second kappa shape index (κ2) is 4.68. The molecule has 0 aliphatic heterocycles. The van der Waals surface area contributed by atoms with Crippen molar-refractivity contribution < 1.29 is 4.74 Å². The van der Waals surface area contributed by atoms with Crippen LogP contribution in [-0.4, -0.2) is 9.97 Å². The first-order chi connectivity index (χ1) is 8.20. The molecule has 0 saturated carbocycles.